The van der Waals surface area contributed by atoms with E-state index in [9.17, 15) is 14.0 Å². The molecule has 0 unspecified atom stereocenters. The first-order chi connectivity index (χ1) is 13.0. The van der Waals surface area contributed by atoms with E-state index in [0.717, 1.165) is 5.75 Å². The Balaban J connectivity index is 1.83. The van der Waals surface area contributed by atoms with E-state index in [0.29, 0.717) is 30.8 Å². The first-order valence-corrected chi connectivity index (χ1v) is 9.02. The van der Waals surface area contributed by atoms with Gasteiger partial charge in [0.1, 0.15) is 11.6 Å². The quantitative estimate of drug-likeness (QED) is 0.735. The molecule has 2 aromatic rings. The van der Waals surface area contributed by atoms with Crippen LogP contribution in [0.5, 0.6) is 5.75 Å². The van der Waals surface area contributed by atoms with Gasteiger partial charge >= 0.3 is 0 Å². The minimum atomic E-state index is -0.273. The van der Waals surface area contributed by atoms with Crippen molar-refractivity contribution in [2.24, 2.45) is 0 Å². The molecule has 6 heteroatoms. The molecule has 0 heterocycles. The summed E-state index contributed by atoms with van der Waals surface area (Å²) in [6.07, 6.45) is 0.595. The van der Waals surface area contributed by atoms with Crippen molar-refractivity contribution in [2.75, 3.05) is 24.6 Å². The predicted molar refractivity (Wildman–Crippen MR) is 103 cm³/mol. The van der Waals surface area contributed by atoms with Crippen molar-refractivity contribution in [2.45, 2.75) is 26.7 Å². The normalized spacial score (nSPS) is 10.3. The molecule has 0 bridgehead atoms. The zero-order valence-corrected chi connectivity index (χ0v) is 15.7. The summed E-state index contributed by atoms with van der Waals surface area (Å²) in [5.41, 5.74) is 1.28. The minimum absolute atomic E-state index is 0.140. The van der Waals surface area contributed by atoms with Gasteiger partial charge in [-0.25, -0.2) is 4.39 Å². The largest absolute Gasteiger partial charge is 0.494 e. The molecule has 2 rings (SSSR count). The summed E-state index contributed by atoms with van der Waals surface area (Å²) in [6, 6.07) is 13.7. The van der Waals surface area contributed by atoms with E-state index in [1.165, 1.54) is 13.0 Å². The number of nitrogens with zero attached hydrogens (tertiary/aromatic N) is 1. The van der Waals surface area contributed by atoms with Crippen molar-refractivity contribution >= 4 is 17.5 Å². The van der Waals surface area contributed by atoms with E-state index in [4.69, 9.17) is 4.74 Å². The predicted octanol–water partition coefficient (Wildman–Crippen LogP) is 3.33. The van der Waals surface area contributed by atoms with E-state index in [1.54, 1.807) is 47.4 Å². The maximum absolute atomic E-state index is 13.6. The molecule has 0 aliphatic rings. The van der Waals surface area contributed by atoms with Crippen LogP contribution in [0.2, 0.25) is 0 Å². The maximum Gasteiger partial charge on any atom is 0.223 e. The lowest BCUT2D eigenvalue weighted by atomic mass is 10.1. The van der Waals surface area contributed by atoms with Gasteiger partial charge in [-0.05, 0) is 49.2 Å². The second-order valence-corrected chi connectivity index (χ2v) is 6.04. The topological polar surface area (TPSA) is 58.6 Å². The number of hydrogen-bond donors (Lipinski definition) is 1. The van der Waals surface area contributed by atoms with Crippen LogP contribution in [0.15, 0.2) is 48.5 Å². The molecule has 0 spiro atoms. The third-order valence-corrected chi connectivity index (χ3v) is 4.08. The van der Waals surface area contributed by atoms with Crippen LogP contribution in [0, 0.1) is 5.82 Å². The van der Waals surface area contributed by atoms with Gasteiger partial charge in [-0.2, -0.15) is 0 Å². The molecule has 0 aliphatic heterocycles. The van der Waals surface area contributed by atoms with Crippen LogP contribution in [0.1, 0.15) is 25.8 Å². The van der Waals surface area contributed by atoms with Crippen molar-refractivity contribution in [3.05, 3.63) is 59.9 Å². The fourth-order valence-corrected chi connectivity index (χ4v) is 2.70. The summed E-state index contributed by atoms with van der Waals surface area (Å²) < 4.78 is 18.9. The first-order valence-electron chi connectivity index (χ1n) is 9.02. The molecule has 0 aliphatic carbocycles. The highest BCUT2D eigenvalue weighted by molar-refractivity contribution is 5.92. The number of amides is 2. The van der Waals surface area contributed by atoms with Crippen molar-refractivity contribution in [3.8, 4) is 5.75 Å². The van der Waals surface area contributed by atoms with E-state index in [1.807, 2.05) is 6.92 Å². The Morgan fingerprint density at radius 2 is 1.81 bits per heavy atom. The average Bonchev–Trinajstić information content (AvgIpc) is 2.65. The van der Waals surface area contributed by atoms with Crippen LogP contribution in [0.3, 0.4) is 0 Å². The first kappa shape index (κ1) is 20.4. The van der Waals surface area contributed by atoms with Gasteiger partial charge in [-0.1, -0.05) is 18.2 Å². The number of carbonyl (C=O) groups is 2. The summed E-state index contributed by atoms with van der Waals surface area (Å²) >= 11 is 0. The monoisotopic (exact) mass is 372 g/mol. The molecule has 27 heavy (non-hydrogen) atoms. The van der Waals surface area contributed by atoms with Crippen molar-refractivity contribution in [1.82, 2.24) is 5.32 Å². The second-order valence-electron chi connectivity index (χ2n) is 6.04. The molecule has 2 aromatic carbocycles. The Labute approximate surface area is 159 Å². The molecular formula is C21H25FN2O3. The molecule has 0 aromatic heterocycles. The van der Waals surface area contributed by atoms with Gasteiger partial charge in [-0.3, -0.25) is 9.59 Å². The lowest BCUT2D eigenvalue weighted by Crippen LogP contribution is -2.34. The van der Waals surface area contributed by atoms with Gasteiger partial charge in [0.2, 0.25) is 11.8 Å². The van der Waals surface area contributed by atoms with Gasteiger partial charge in [-0.15, -0.1) is 0 Å². The number of rotatable bonds is 9. The highest BCUT2D eigenvalue weighted by Gasteiger charge is 2.13. The Bertz CT molecular complexity index is 762. The van der Waals surface area contributed by atoms with Crippen LogP contribution in [0.25, 0.3) is 0 Å². The third kappa shape index (κ3) is 6.40. The second kappa shape index (κ2) is 10.3. The molecule has 0 fully saturated rings. The number of halogens is 1. The lowest BCUT2D eigenvalue weighted by molar-refractivity contribution is -0.121. The SMILES string of the molecule is CCOc1ccc(N(CCC(=O)NCCc2ccccc2F)C(C)=O)cc1. The number of hydrogen-bond acceptors (Lipinski definition) is 3. The van der Waals surface area contributed by atoms with Crippen LogP contribution < -0.4 is 15.0 Å². The Kier molecular flexibility index (Phi) is 7.79. The van der Waals surface area contributed by atoms with Crippen molar-refractivity contribution in [1.29, 1.82) is 0 Å². The average molecular weight is 372 g/mol. The van der Waals surface area contributed by atoms with Crippen LogP contribution in [-0.4, -0.2) is 31.5 Å². The van der Waals surface area contributed by atoms with Gasteiger partial charge in [0.15, 0.2) is 0 Å². The molecule has 0 saturated carbocycles. The summed E-state index contributed by atoms with van der Waals surface area (Å²) in [4.78, 5) is 25.5. The molecule has 0 atom stereocenters. The minimum Gasteiger partial charge on any atom is -0.494 e. The zero-order valence-electron chi connectivity index (χ0n) is 15.7. The van der Waals surface area contributed by atoms with E-state index in [-0.39, 0.29) is 30.6 Å². The van der Waals surface area contributed by atoms with E-state index in [2.05, 4.69) is 5.32 Å². The fourth-order valence-electron chi connectivity index (χ4n) is 2.70. The van der Waals surface area contributed by atoms with Gasteiger partial charge in [0.25, 0.3) is 0 Å². The standard InChI is InChI=1S/C21H25FN2O3/c1-3-27-19-10-8-18(9-11-19)24(16(2)25)15-13-21(26)23-14-12-17-6-4-5-7-20(17)22/h4-11H,3,12-15H2,1-2H3,(H,23,26). The van der Waals surface area contributed by atoms with Gasteiger partial charge in [0.05, 0.1) is 6.61 Å². The number of benzene rings is 2. The number of carbonyl (C=O) groups excluding carboxylic acids is 2. The summed E-state index contributed by atoms with van der Waals surface area (Å²) in [6.45, 7) is 4.56. The van der Waals surface area contributed by atoms with Crippen molar-refractivity contribution in [3.63, 3.8) is 0 Å². The Morgan fingerprint density at radius 3 is 2.44 bits per heavy atom. The zero-order chi connectivity index (χ0) is 19.6. The van der Waals surface area contributed by atoms with Crippen LogP contribution in [-0.2, 0) is 16.0 Å². The van der Waals surface area contributed by atoms with Gasteiger partial charge in [0, 0.05) is 32.1 Å². The molecule has 2 amide bonds. The summed E-state index contributed by atoms with van der Waals surface area (Å²) in [5.74, 6) is 0.141. The molecule has 0 radical (unpaired) electrons. The number of nitrogens with one attached hydrogen (secondary N) is 1. The Morgan fingerprint density at radius 1 is 1.11 bits per heavy atom. The highest BCUT2D eigenvalue weighted by atomic mass is 19.1. The van der Waals surface area contributed by atoms with Crippen LogP contribution in [0.4, 0.5) is 10.1 Å². The third-order valence-electron chi connectivity index (χ3n) is 4.08. The Hall–Kier alpha value is -2.89. The smallest absolute Gasteiger partial charge is 0.223 e. The molecule has 5 nitrogen and oxygen atoms in total. The molecular weight excluding hydrogens is 347 g/mol. The summed E-state index contributed by atoms with van der Waals surface area (Å²) in [7, 11) is 0. The van der Waals surface area contributed by atoms with E-state index < -0.39 is 0 Å². The van der Waals surface area contributed by atoms with Gasteiger partial charge < -0.3 is 15.0 Å². The molecule has 0 saturated heterocycles. The van der Waals surface area contributed by atoms with Crippen LogP contribution >= 0.6 is 0 Å². The number of anilines is 1. The maximum atomic E-state index is 13.6. The molecule has 144 valence electrons. The lowest BCUT2D eigenvalue weighted by Gasteiger charge is -2.21. The highest BCUT2D eigenvalue weighted by Crippen LogP contribution is 2.20. The fraction of sp³-hybridized carbons (Fsp3) is 0.333. The number of ether oxygens (including phenoxy) is 1. The molecule has 1 N–H and O–H groups in total. The van der Waals surface area contributed by atoms with E-state index >= 15 is 0 Å². The summed E-state index contributed by atoms with van der Waals surface area (Å²) in [5, 5.41) is 2.77. The van der Waals surface area contributed by atoms with Crippen molar-refractivity contribution < 1.29 is 18.7 Å².